The zero-order chi connectivity index (χ0) is 21.9. The zero-order valence-electron chi connectivity index (χ0n) is 19.1. The number of halogens is 1. The number of hydrogen-bond donors (Lipinski definition) is 3. The number of aromatic amines is 1. The molecule has 0 radical (unpaired) electrons. The number of benzene rings is 2. The van der Waals surface area contributed by atoms with Gasteiger partial charge in [-0.05, 0) is 56.5 Å². The third-order valence-electron chi connectivity index (χ3n) is 4.86. The lowest BCUT2D eigenvalue weighted by atomic mass is 10.1. The third kappa shape index (κ3) is 7.58. The fraction of sp³-hybridized carbons (Fsp3) is 0.417. The summed E-state index contributed by atoms with van der Waals surface area (Å²) in [7, 11) is 1.66. The molecule has 1 aromatic heterocycles. The molecule has 3 N–H and O–H groups in total. The molecule has 0 unspecified atom stereocenters. The van der Waals surface area contributed by atoms with E-state index in [1.54, 1.807) is 7.11 Å². The van der Waals surface area contributed by atoms with E-state index in [4.69, 9.17) is 14.5 Å². The number of ether oxygens (including phenoxy) is 2. The molecule has 0 amide bonds. The Labute approximate surface area is 207 Å². The molecular weight excluding hydrogens is 517 g/mol. The fourth-order valence-electron chi connectivity index (χ4n) is 3.38. The molecule has 8 heteroatoms. The number of aliphatic imine (C=N–C) groups is 1. The van der Waals surface area contributed by atoms with Crippen molar-refractivity contribution >= 4 is 41.0 Å². The van der Waals surface area contributed by atoms with Crippen LogP contribution in [-0.4, -0.2) is 49.3 Å². The van der Waals surface area contributed by atoms with Gasteiger partial charge in [0.25, 0.3) is 0 Å². The lowest BCUT2D eigenvalue weighted by Gasteiger charge is -2.12. The minimum atomic E-state index is 0. The molecule has 3 aromatic rings. The second-order valence-corrected chi connectivity index (χ2v) is 7.16. The molecule has 0 fully saturated rings. The first-order valence-electron chi connectivity index (χ1n) is 11.0. The smallest absolute Gasteiger partial charge is 0.191 e. The van der Waals surface area contributed by atoms with Crippen molar-refractivity contribution < 1.29 is 9.47 Å². The summed E-state index contributed by atoms with van der Waals surface area (Å²) in [5, 5.41) is 6.70. The highest BCUT2D eigenvalue weighted by molar-refractivity contribution is 14.0. The maximum Gasteiger partial charge on any atom is 0.191 e. The van der Waals surface area contributed by atoms with Crippen molar-refractivity contribution in [1.82, 2.24) is 20.6 Å². The average molecular weight is 551 g/mol. The number of para-hydroxylation sites is 2. The van der Waals surface area contributed by atoms with Gasteiger partial charge in [0.15, 0.2) is 17.5 Å². The van der Waals surface area contributed by atoms with Crippen molar-refractivity contribution in [2.75, 3.05) is 33.4 Å². The van der Waals surface area contributed by atoms with E-state index < -0.39 is 0 Å². The van der Waals surface area contributed by atoms with E-state index in [-0.39, 0.29) is 24.0 Å². The van der Waals surface area contributed by atoms with Gasteiger partial charge in [-0.3, -0.25) is 4.99 Å². The predicted molar refractivity (Wildman–Crippen MR) is 142 cm³/mol. The van der Waals surface area contributed by atoms with Crippen LogP contribution in [-0.2, 0) is 12.8 Å². The van der Waals surface area contributed by atoms with Gasteiger partial charge in [0, 0.05) is 26.1 Å². The van der Waals surface area contributed by atoms with Crippen molar-refractivity contribution in [2.24, 2.45) is 4.99 Å². The number of nitrogens with zero attached hydrogens (tertiary/aromatic N) is 2. The lowest BCUT2D eigenvalue weighted by Crippen LogP contribution is -2.38. The van der Waals surface area contributed by atoms with Crippen LogP contribution in [0.3, 0.4) is 0 Å². The Bertz CT molecular complexity index is 956. The molecule has 0 saturated carbocycles. The number of hydrogen-bond acceptors (Lipinski definition) is 4. The van der Waals surface area contributed by atoms with Crippen LogP contribution in [0, 0.1) is 0 Å². The van der Waals surface area contributed by atoms with Gasteiger partial charge >= 0.3 is 0 Å². The highest BCUT2D eigenvalue weighted by atomic mass is 127. The van der Waals surface area contributed by atoms with Crippen LogP contribution >= 0.6 is 24.0 Å². The Morgan fingerprint density at radius 2 is 1.91 bits per heavy atom. The molecule has 0 bridgehead atoms. The molecule has 0 aliphatic carbocycles. The summed E-state index contributed by atoms with van der Waals surface area (Å²) >= 11 is 0. The van der Waals surface area contributed by atoms with E-state index in [9.17, 15) is 0 Å². The number of aryl methyl sites for hydroxylation is 1. The summed E-state index contributed by atoms with van der Waals surface area (Å²) in [5.74, 6) is 3.39. The normalized spacial score (nSPS) is 11.2. The number of rotatable bonds is 11. The first kappa shape index (κ1) is 25.8. The van der Waals surface area contributed by atoms with E-state index in [1.807, 2.05) is 37.3 Å². The minimum absolute atomic E-state index is 0. The fourth-order valence-corrected chi connectivity index (χ4v) is 3.38. The van der Waals surface area contributed by atoms with Crippen LogP contribution in [0.1, 0.15) is 31.7 Å². The number of fused-ring (bicyclic) bond motifs is 1. The molecular formula is C24H34IN5O2. The van der Waals surface area contributed by atoms with Gasteiger partial charge in [0.05, 0.1) is 24.8 Å². The molecule has 0 atom stereocenters. The SMILES string of the molecule is CCNC(=NCCCc1ccc(OC)c(OCC)c1)NCCc1nc2ccccc2[nH]1.I. The van der Waals surface area contributed by atoms with Crippen molar-refractivity contribution in [1.29, 1.82) is 0 Å². The average Bonchev–Trinajstić information content (AvgIpc) is 3.20. The molecule has 0 spiro atoms. The molecule has 0 aliphatic heterocycles. The van der Waals surface area contributed by atoms with Gasteiger partial charge in [0.1, 0.15) is 5.82 Å². The first-order valence-corrected chi connectivity index (χ1v) is 11.0. The van der Waals surface area contributed by atoms with E-state index >= 15 is 0 Å². The standard InChI is InChI=1S/C24H33N5O2.HI/c1-4-25-24(27-16-14-23-28-19-10-6-7-11-20(19)29-23)26-15-8-9-18-12-13-21(30-3)22(17-18)31-5-2;/h6-7,10-13,17H,4-5,8-9,14-16H2,1-3H3,(H,28,29)(H2,25,26,27);1H. The summed E-state index contributed by atoms with van der Waals surface area (Å²) < 4.78 is 11.0. The third-order valence-corrected chi connectivity index (χ3v) is 4.86. The molecule has 3 rings (SSSR count). The minimum Gasteiger partial charge on any atom is -0.493 e. The topological polar surface area (TPSA) is 83.6 Å². The molecule has 2 aromatic carbocycles. The van der Waals surface area contributed by atoms with Crippen molar-refractivity contribution in [3.05, 3.63) is 53.9 Å². The van der Waals surface area contributed by atoms with Gasteiger partial charge in [-0.2, -0.15) is 0 Å². The molecule has 7 nitrogen and oxygen atoms in total. The Morgan fingerprint density at radius 1 is 1.06 bits per heavy atom. The van der Waals surface area contributed by atoms with Gasteiger partial charge in [-0.1, -0.05) is 18.2 Å². The Morgan fingerprint density at radius 3 is 2.66 bits per heavy atom. The Hall–Kier alpha value is -2.49. The number of guanidine groups is 1. The van der Waals surface area contributed by atoms with E-state index in [0.29, 0.717) is 6.61 Å². The quantitative estimate of drug-likeness (QED) is 0.143. The van der Waals surface area contributed by atoms with Crippen molar-refractivity contribution in [3.8, 4) is 11.5 Å². The zero-order valence-corrected chi connectivity index (χ0v) is 21.4. The van der Waals surface area contributed by atoms with E-state index in [2.05, 4.69) is 39.7 Å². The highest BCUT2D eigenvalue weighted by Crippen LogP contribution is 2.28. The van der Waals surface area contributed by atoms with Gasteiger partial charge in [0.2, 0.25) is 0 Å². The maximum atomic E-state index is 5.66. The summed E-state index contributed by atoms with van der Waals surface area (Å²) in [6.07, 6.45) is 2.70. The van der Waals surface area contributed by atoms with E-state index in [1.165, 1.54) is 5.56 Å². The lowest BCUT2D eigenvalue weighted by molar-refractivity contribution is 0.310. The number of imidazole rings is 1. The van der Waals surface area contributed by atoms with Crippen molar-refractivity contribution in [2.45, 2.75) is 33.1 Å². The van der Waals surface area contributed by atoms with E-state index in [0.717, 1.165) is 73.2 Å². The van der Waals surface area contributed by atoms with Crippen LogP contribution < -0.4 is 20.1 Å². The molecule has 0 saturated heterocycles. The van der Waals surface area contributed by atoms with Gasteiger partial charge < -0.3 is 25.1 Å². The second-order valence-electron chi connectivity index (χ2n) is 7.16. The summed E-state index contributed by atoms with van der Waals surface area (Å²) in [6, 6.07) is 14.2. The van der Waals surface area contributed by atoms with Crippen LogP contribution in [0.25, 0.3) is 11.0 Å². The van der Waals surface area contributed by atoms with Gasteiger partial charge in [-0.15, -0.1) is 24.0 Å². The molecule has 0 aliphatic rings. The van der Waals surface area contributed by atoms with Crippen LogP contribution in [0.15, 0.2) is 47.5 Å². The van der Waals surface area contributed by atoms with Crippen LogP contribution in [0.2, 0.25) is 0 Å². The molecule has 174 valence electrons. The number of aromatic nitrogens is 2. The number of methoxy groups -OCH3 is 1. The molecule has 32 heavy (non-hydrogen) atoms. The monoisotopic (exact) mass is 551 g/mol. The summed E-state index contributed by atoms with van der Waals surface area (Å²) in [6.45, 7) is 7.01. The largest absolute Gasteiger partial charge is 0.493 e. The Kier molecular flexibility index (Phi) is 11.1. The predicted octanol–water partition coefficient (Wildman–Crippen LogP) is 4.32. The molecule has 1 heterocycles. The van der Waals surface area contributed by atoms with Crippen LogP contribution in [0.5, 0.6) is 11.5 Å². The summed E-state index contributed by atoms with van der Waals surface area (Å²) in [5.41, 5.74) is 3.30. The van der Waals surface area contributed by atoms with Crippen LogP contribution in [0.4, 0.5) is 0 Å². The van der Waals surface area contributed by atoms with Gasteiger partial charge in [-0.25, -0.2) is 4.98 Å². The number of H-pyrrole nitrogens is 1. The summed E-state index contributed by atoms with van der Waals surface area (Å²) in [4.78, 5) is 12.7. The first-order chi connectivity index (χ1) is 15.2. The van der Waals surface area contributed by atoms with Crippen molar-refractivity contribution in [3.63, 3.8) is 0 Å². The highest BCUT2D eigenvalue weighted by Gasteiger charge is 2.06. The number of nitrogens with one attached hydrogen (secondary N) is 3. The second kappa shape index (κ2) is 13.8. The maximum absolute atomic E-state index is 5.66. The Balaban J connectivity index is 0.00000363.